The van der Waals surface area contributed by atoms with Crippen LogP contribution in [0.5, 0.6) is 0 Å². The zero-order chi connectivity index (χ0) is 9.97. The first-order chi connectivity index (χ1) is 6.79. The minimum absolute atomic E-state index is 0.692. The van der Waals surface area contributed by atoms with Crippen LogP contribution >= 0.6 is 0 Å². The van der Waals surface area contributed by atoms with E-state index in [-0.39, 0.29) is 0 Å². The summed E-state index contributed by atoms with van der Waals surface area (Å²) >= 11 is 0. The number of fused-ring (bicyclic) bond motifs is 1. The highest BCUT2D eigenvalue weighted by molar-refractivity contribution is 6.31. The largest absolute Gasteiger partial charge is 0.330 e. The number of pyridine rings is 1. The van der Waals surface area contributed by atoms with E-state index < -0.39 is 0 Å². The predicted molar refractivity (Wildman–Crippen MR) is 62.7 cm³/mol. The van der Waals surface area contributed by atoms with Gasteiger partial charge in [-0.05, 0) is 30.2 Å². The number of hydrogen-bond acceptors (Lipinski definition) is 2. The lowest BCUT2D eigenvalue weighted by Gasteiger charge is -2.02. The number of nitrogens with zero attached hydrogens (tertiary/aromatic N) is 1. The Hall–Kier alpha value is -1.35. The van der Waals surface area contributed by atoms with Crippen LogP contribution in [0.1, 0.15) is 5.56 Å². The highest BCUT2D eigenvalue weighted by atomic mass is 14.7. The van der Waals surface area contributed by atoms with Crippen LogP contribution in [-0.4, -0.2) is 19.4 Å². The van der Waals surface area contributed by atoms with Crippen molar-refractivity contribution in [3.63, 3.8) is 0 Å². The van der Waals surface area contributed by atoms with E-state index in [1.54, 1.807) is 0 Å². The average Bonchev–Trinajstić information content (AvgIpc) is 2.17. The summed E-state index contributed by atoms with van der Waals surface area (Å²) in [6.07, 6.45) is 0.922. The second-order valence-electron chi connectivity index (χ2n) is 3.52. The highest BCUT2D eigenvalue weighted by Gasteiger charge is 1.97. The molecule has 0 aliphatic rings. The Morgan fingerprint density at radius 2 is 2.00 bits per heavy atom. The topological polar surface area (TPSA) is 38.9 Å². The quantitative estimate of drug-likeness (QED) is 0.667. The fourth-order valence-electron chi connectivity index (χ4n) is 1.59. The van der Waals surface area contributed by atoms with Gasteiger partial charge in [0.15, 0.2) is 7.85 Å². The van der Waals surface area contributed by atoms with Gasteiger partial charge < -0.3 is 5.73 Å². The van der Waals surface area contributed by atoms with Crippen LogP contribution in [0.4, 0.5) is 0 Å². The molecule has 0 amide bonds. The van der Waals surface area contributed by atoms with Crippen molar-refractivity contribution in [1.82, 2.24) is 4.98 Å². The SMILES string of the molecule is Bc1ccc2ccc(CCN)cc2n1. The van der Waals surface area contributed by atoms with Gasteiger partial charge in [-0.15, -0.1) is 0 Å². The maximum absolute atomic E-state index is 5.51. The summed E-state index contributed by atoms with van der Waals surface area (Å²) in [7, 11) is 2.01. The molecule has 70 valence electrons. The Bertz CT molecular complexity index is 454. The summed E-state index contributed by atoms with van der Waals surface area (Å²) in [6.45, 7) is 0.692. The molecular weight excluding hydrogens is 171 g/mol. The van der Waals surface area contributed by atoms with E-state index in [9.17, 15) is 0 Å². The predicted octanol–water partition coefficient (Wildman–Crippen LogP) is -0.00560. The number of aromatic nitrogens is 1. The van der Waals surface area contributed by atoms with Crippen molar-refractivity contribution in [3.05, 3.63) is 35.9 Å². The van der Waals surface area contributed by atoms with Crippen LogP contribution in [0.3, 0.4) is 0 Å². The average molecular weight is 184 g/mol. The lowest BCUT2D eigenvalue weighted by Crippen LogP contribution is -2.07. The highest BCUT2D eigenvalue weighted by Crippen LogP contribution is 2.12. The number of hydrogen-bond donors (Lipinski definition) is 1. The lowest BCUT2D eigenvalue weighted by molar-refractivity contribution is 0.970. The van der Waals surface area contributed by atoms with Gasteiger partial charge in [-0.1, -0.05) is 24.3 Å². The molecule has 2 rings (SSSR count). The van der Waals surface area contributed by atoms with E-state index in [1.165, 1.54) is 10.9 Å². The first kappa shape index (κ1) is 9.22. The molecule has 2 aromatic rings. The molecule has 0 radical (unpaired) electrons. The van der Waals surface area contributed by atoms with Gasteiger partial charge in [-0.25, -0.2) is 0 Å². The minimum atomic E-state index is 0.692. The fourth-order valence-corrected chi connectivity index (χ4v) is 1.59. The van der Waals surface area contributed by atoms with Crippen molar-refractivity contribution < 1.29 is 0 Å². The smallest absolute Gasteiger partial charge is 0.163 e. The summed E-state index contributed by atoms with van der Waals surface area (Å²) in [5.41, 5.74) is 8.90. The molecule has 0 aliphatic heterocycles. The van der Waals surface area contributed by atoms with Crippen LogP contribution in [0.2, 0.25) is 0 Å². The molecule has 0 spiro atoms. The van der Waals surface area contributed by atoms with Gasteiger partial charge in [0.25, 0.3) is 0 Å². The molecule has 0 aliphatic carbocycles. The van der Waals surface area contributed by atoms with E-state index in [0.29, 0.717) is 6.54 Å². The lowest BCUT2D eigenvalue weighted by atomic mass is 10.0. The van der Waals surface area contributed by atoms with Gasteiger partial charge >= 0.3 is 0 Å². The maximum Gasteiger partial charge on any atom is 0.163 e. The van der Waals surface area contributed by atoms with Crippen molar-refractivity contribution in [3.8, 4) is 0 Å². The van der Waals surface area contributed by atoms with Gasteiger partial charge in [0.2, 0.25) is 0 Å². The Balaban J connectivity index is 2.52. The third kappa shape index (κ3) is 1.78. The van der Waals surface area contributed by atoms with Crippen LogP contribution in [0.25, 0.3) is 10.9 Å². The molecule has 1 heterocycles. The minimum Gasteiger partial charge on any atom is -0.330 e. The Labute approximate surface area is 84.6 Å². The first-order valence-electron chi connectivity index (χ1n) is 4.86. The summed E-state index contributed by atoms with van der Waals surface area (Å²) in [5.74, 6) is 0. The van der Waals surface area contributed by atoms with E-state index >= 15 is 0 Å². The van der Waals surface area contributed by atoms with Crippen molar-refractivity contribution in [1.29, 1.82) is 0 Å². The normalized spacial score (nSPS) is 10.6. The molecule has 0 atom stereocenters. The third-order valence-corrected chi connectivity index (χ3v) is 2.33. The number of benzene rings is 1. The van der Waals surface area contributed by atoms with Crippen molar-refractivity contribution in [2.24, 2.45) is 5.73 Å². The molecule has 0 bridgehead atoms. The Morgan fingerprint density at radius 3 is 2.79 bits per heavy atom. The Kier molecular flexibility index (Phi) is 2.50. The van der Waals surface area contributed by atoms with Crippen LogP contribution in [0, 0.1) is 0 Å². The molecule has 0 unspecified atom stereocenters. The fraction of sp³-hybridized carbons (Fsp3) is 0.182. The summed E-state index contributed by atoms with van der Waals surface area (Å²) in [4.78, 5) is 4.48. The van der Waals surface area contributed by atoms with E-state index in [4.69, 9.17) is 5.73 Å². The summed E-state index contributed by atoms with van der Waals surface area (Å²) in [5, 5.41) is 1.19. The van der Waals surface area contributed by atoms with Gasteiger partial charge in [0.1, 0.15) is 0 Å². The van der Waals surface area contributed by atoms with Crippen LogP contribution in [-0.2, 0) is 6.42 Å². The molecule has 0 fully saturated rings. The molecule has 0 saturated heterocycles. The molecular formula is C11H13BN2. The van der Waals surface area contributed by atoms with Crippen molar-refractivity contribution in [2.75, 3.05) is 6.54 Å². The Morgan fingerprint density at radius 1 is 1.21 bits per heavy atom. The number of rotatable bonds is 2. The van der Waals surface area contributed by atoms with Crippen LogP contribution in [0.15, 0.2) is 30.3 Å². The molecule has 1 aromatic carbocycles. The molecule has 2 N–H and O–H groups in total. The molecule has 1 aromatic heterocycles. The van der Waals surface area contributed by atoms with Gasteiger partial charge in [0.05, 0.1) is 5.52 Å². The van der Waals surface area contributed by atoms with Crippen molar-refractivity contribution in [2.45, 2.75) is 6.42 Å². The summed E-state index contributed by atoms with van der Waals surface area (Å²) in [6, 6.07) is 10.5. The van der Waals surface area contributed by atoms with E-state index in [2.05, 4.69) is 29.2 Å². The standard InChI is InChI=1S/C11H13BN2/c12-11-4-3-9-2-1-8(5-6-13)7-10(9)14-11/h1-4,7H,5-6,12-13H2. The third-order valence-electron chi connectivity index (χ3n) is 2.33. The molecule has 0 saturated carbocycles. The van der Waals surface area contributed by atoms with Crippen molar-refractivity contribution >= 4 is 24.3 Å². The van der Waals surface area contributed by atoms with E-state index in [1.807, 2.05) is 13.9 Å². The van der Waals surface area contributed by atoms with Gasteiger partial charge in [0, 0.05) is 5.39 Å². The summed E-state index contributed by atoms with van der Waals surface area (Å²) < 4.78 is 0. The van der Waals surface area contributed by atoms with Gasteiger partial charge in [-0.2, -0.15) is 0 Å². The zero-order valence-electron chi connectivity index (χ0n) is 8.33. The second-order valence-corrected chi connectivity index (χ2v) is 3.52. The van der Waals surface area contributed by atoms with Gasteiger partial charge in [-0.3, -0.25) is 4.98 Å². The molecule has 14 heavy (non-hydrogen) atoms. The zero-order valence-corrected chi connectivity index (χ0v) is 8.33. The van der Waals surface area contributed by atoms with Crippen LogP contribution < -0.4 is 11.3 Å². The number of nitrogens with two attached hydrogens (primary N) is 1. The monoisotopic (exact) mass is 184 g/mol. The second kappa shape index (κ2) is 3.80. The van der Waals surface area contributed by atoms with E-state index in [0.717, 1.165) is 17.5 Å². The maximum atomic E-state index is 5.51. The first-order valence-corrected chi connectivity index (χ1v) is 4.86. The molecule has 3 heteroatoms. The molecule has 2 nitrogen and oxygen atoms in total.